The molecule has 0 saturated carbocycles. The van der Waals surface area contributed by atoms with Gasteiger partial charge >= 0.3 is 12.3 Å². The minimum atomic E-state index is -4.24. The average Bonchev–Trinajstić information content (AvgIpc) is 2.28. The van der Waals surface area contributed by atoms with Gasteiger partial charge in [0.2, 0.25) is 0 Å². The number of alkyl halides is 4. The van der Waals surface area contributed by atoms with Gasteiger partial charge in [0.1, 0.15) is 13.2 Å². The van der Waals surface area contributed by atoms with Crippen molar-refractivity contribution in [3.63, 3.8) is 0 Å². The van der Waals surface area contributed by atoms with E-state index in [4.69, 9.17) is 0 Å². The van der Waals surface area contributed by atoms with Crippen LogP contribution in [0.15, 0.2) is 18.5 Å². The highest BCUT2D eigenvalue weighted by Gasteiger charge is 2.41. The van der Waals surface area contributed by atoms with Gasteiger partial charge in [0.15, 0.2) is 5.78 Å². The summed E-state index contributed by atoms with van der Waals surface area (Å²) in [5.74, 6) is -4.83. The Morgan fingerprint density at radius 1 is 1.44 bits per heavy atom. The van der Waals surface area contributed by atoms with E-state index in [2.05, 4.69) is 9.72 Å². The molecular formula is C11H11F4NO2. The number of halogens is 4. The summed E-state index contributed by atoms with van der Waals surface area (Å²) in [5.41, 5.74) is 0.911. The Morgan fingerprint density at radius 3 is 2.67 bits per heavy atom. The fraction of sp³-hybridized carbons (Fsp3) is 0.455. The summed E-state index contributed by atoms with van der Waals surface area (Å²) in [4.78, 5) is 15.2. The minimum Gasteiger partial charge on any atom is -0.367 e. The lowest BCUT2D eigenvalue weighted by atomic mass is 10.1. The molecule has 0 bridgehead atoms. The number of carbonyl (C=O) groups excluding carboxylic acids is 1. The first-order chi connectivity index (χ1) is 8.33. The molecule has 1 aromatic heterocycles. The Morgan fingerprint density at radius 2 is 2.11 bits per heavy atom. The van der Waals surface area contributed by atoms with Crippen molar-refractivity contribution in [1.29, 1.82) is 0 Å². The number of aryl methyl sites for hydroxylation is 1. The predicted molar refractivity (Wildman–Crippen MR) is 55.1 cm³/mol. The predicted octanol–water partition coefficient (Wildman–Crippen LogP) is 2.49. The maximum absolute atomic E-state index is 12.5. The third-order valence-electron chi connectivity index (χ3n) is 2.04. The third kappa shape index (κ3) is 4.06. The van der Waals surface area contributed by atoms with Crippen LogP contribution in [0.3, 0.4) is 0 Å². The standard InChI is InChI=1S/C11H11F4NO2/c1-7-2-8(4-16-3-7)9(17)5-18-6-11(14,15)10(12)13/h2-4,10H,5-6H2,1H3. The van der Waals surface area contributed by atoms with Crippen molar-refractivity contribution >= 4 is 5.78 Å². The van der Waals surface area contributed by atoms with E-state index in [1.165, 1.54) is 18.5 Å². The average molecular weight is 265 g/mol. The van der Waals surface area contributed by atoms with E-state index < -0.39 is 31.3 Å². The smallest absolute Gasteiger partial charge is 0.330 e. The third-order valence-corrected chi connectivity index (χ3v) is 2.04. The van der Waals surface area contributed by atoms with Crippen molar-refractivity contribution in [3.05, 3.63) is 29.6 Å². The molecule has 1 rings (SSSR count). The van der Waals surface area contributed by atoms with Crippen molar-refractivity contribution < 1.29 is 27.1 Å². The first kappa shape index (κ1) is 14.6. The zero-order valence-corrected chi connectivity index (χ0v) is 9.50. The second-order valence-corrected chi connectivity index (χ2v) is 3.73. The van der Waals surface area contributed by atoms with Crippen LogP contribution in [0.2, 0.25) is 0 Å². The zero-order valence-electron chi connectivity index (χ0n) is 9.50. The van der Waals surface area contributed by atoms with Gasteiger partial charge in [-0.05, 0) is 18.6 Å². The van der Waals surface area contributed by atoms with Crippen LogP contribution in [0, 0.1) is 6.92 Å². The second kappa shape index (κ2) is 5.90. The molecule has 0 fully saturated rings. The zero-order chi connectivity index (χ0) is 13.8. The van der Waals surface area contributed by atoms with Crippen molar-refractivity contribution in [2.24, 2.45) is 0 Å². The van der Waals surface area contributed by atoms with E-state index in [0.717, 1.165) is 5.56 Å². The molecule has 0 aromatic carbocycles. The molecular weight excluding hydrogens is 254 g/mol. The molecule has 100 valence electrons. The molecule has 1 aromatic rings. The van der Waals surface area contributed by atoms with E-state index in [-0.39, 0.29) is 5.56 Å². The van der Waals surface area contributed by atoms with Crippen LogP contribution in [0.1, 0.15) is 15.9 Å². The minimum absolute atomic E-state index is 0.190. The number of hydrogen-bond acceptors (Lipinski definition) is 3. The summed E-state index contributed by atoms with van der Waals surface area (Å²) >= 11 is 0. The van der Waals surface area contributed by atoms with Crippen molar-refractivity contribution in [2.45, 2.75) is 19.3 Å². The first-order valence-electron chi connectivity index (χ1n) is 5.01. The fourth-order valence-electron chi connectivity index (χ4n) is 1.13. The highest BCUT2D eigenvalue weighted by Crippen LogP contribution is 2.22. The molecule has 7 heteroatoms. The molecule has 0 spiro atoms. The van der Waals surface area contributed by atoms with Gasteiger partial charge in [-0.3, -0.25) is 9.78 Å². The Kier molecular flexibility index (Phi) is 4.77. The molecule has 0 radical (unpaired) electrons. The Hall–Kier alpha value is -1.50. The van der Waals surface area contributed by atoms with Gasteiger partial charge in [-0.1, -0.05) is 0 Å². The van der Waals surface area contributed by atoms with Gasteiger partial charge in [0.25, 0.3) is 0 Å². The summed E-state index contributed by atoms with van der Waals surface area (Å²) < 4.78 is 52.8. The lowest BCUT2D eigenvalue weighted by Crippen LogP contribution is -2.33. The Bertz CT molecular complexity index is 423. The molecule has 0 saturated heterocycles. The van der Waals surface area contributed by atoms with E-state index in [9.17, 15) is 22.4 Å². The largest absolute Gasteiger partial charge is 0.367 e. The van der Waals surface area contributed by atoms with Crippen LogP contribution < -0.4 is 0 Å². The fourth-order valence-corrected chi connectivity index (χ4v) is 1.13. The number of rotatable bonds is 6. The maximum atomic E-state index is 12.5. The maximum Gasteiger partial charge on any atom is 0.330 e. The Labute approximate surface area is 101 Å². The number of Topliss-reactive ketones (excluding diaryl/α,β-unsaturated/α-hetero) is 1. The topological polar surface area (TPSA) is 39.2 Å². The van der Waals surface area contributed by atoms with Crippen molar-refractivity contribution in [1.82, 2.24) is 4.98 Å². The molecule has 0 aliphatic carbocycles. The normalized spacial score (nSPS) is 11.9. The van der Waals surface area contributed by atoms with Crippen LogP contribution in [0.5, 0.6) is 0 Å². The summed E-state index contributed by atoms with van der Waals surface area (Å²) in [6.45, 7) is -0.474. The molecule has 0 N–H and O–H groups in total. The van der Waals surface area contributed by atoms with Crippen molar-refractivity contribution in [3.8, 4) is 0 Å². The van der Waals surface area contributed by atoms with Gasteiger partial charge in [0, 0.05) is 18.0 Å². The molecule has 0 amide bonds. The highest BCUT2D eigenvalue weighted by molar-refractivity contribution is 5.96. The SMILES string of the molecule is Cc1cncc(C(=O)COCC(F)(F)C(F)F)c1. The monoisotopic (exact) mass is 265 g/mol. The molecule has 18 heavy (non-hydrogen) atoms. The second-order valence-electron chi connectivity index (χ2n) is 3.73. The number of aromatic nitrogens is 1. The molecule has 0 aliphatic rings. The van der Waals surface area contributed by atoms with Crippen LogP contribution in [0.4, 0.5) is 17.6 Å². The number of nitrogens with zero attached hydrogens (tertiary/aromatic N) is 1. The summed E-state index contributed by atoms with van der Waals surface area (Å²) in [5, 5.41) is 0. The number of hydrogen-bond donors (Lipinski definition) is 0. The van der Waals surface area contributed by atoms with Crippen LogP contribution >= 0.6 is 0 Å². The van der Waals surface area contributed by atoms with Gasteiger partial charge in [-0.2, -0.15) is 8.78 Å². The number of ether oxygens (including phenoxy) is 1. The van der Waals surface area contributed by atoms with Crippen LogP contribution in [0.25, 0.3) is 0 Å². The number of carbonyl (C=O) groups is 1. The summed E-state index contributed by atoms with van der Waals surface area (Å²) in [7, 11) is 0. The number of pyridine rings is 1. The molecule has 1 heterocycles. The van der Waals surface area contributed by atoms with Gasteiger partial charge in [-0.25, -0.2) is 8.78 Å². The van der Waals surface area contributed by atoms with Crippen LogP contribution in [-0.2, 0) is 4.74 Å². The summed E-state index contributed by atoms with van der Waals surface area (Å²) in [6, 6.07) is 1.50. The van der Waals surface area contributed by atoms with E-state index in [1.54, 1.807) is 6.92 Å². The van der Waals surface area contributed by atoms with E-state index in [0.29, 0.717) is 0 Å². The Balaban J connectivity index is 2.48. The lowest BCUT2D eigenvalue weighted by molar-refractivity contribution is -0.163. The van der Waals surface area contributed by atoms with Gasteiger partial charge < -0.3 is 4.74 Å². The first-order valence-corrected chi connectivity index (χ1v) is 5.01. The molecule has 0 atom stereocenters. The van der Waals surface area contributed by atoms with Crippen molar-refractivity contribution in [2.75, 3.05) is 13.2 Å². The molecule has 0 unspecified atom stereocenters. The van der Waals surface area contributed by atoms with E-state index in [1.807, 2.05) is 0 Å². The number of ketones is 1. The van der Waals surface area contributed by atoms with Gasteiger partial charge in [0.05, 0.1) is 0 Å². The molecule has 0 aliphatic heterocycles. The van der Waals surface area contributed by atoms with E-state index >= 15 is 0 Å². The lowest BCUT2D eigenvalue weighted by Gasteiger charge is -2.14. The highest BCUT2D eigenvalue weighted by atomic mass is 19.3. The quantitative estimate of drug-likeness (QED) is 0.586. The van der Waals surface area contributed by atoms with Crippen LogP contribution in [-0.4, -0.2) is 36.3 Å². The molecule has 3 nitrogen and oxygen atoms in total. The summed E-state index contributed by atoms with van der Waals surface area (Å²) in [6.07, 6.45) is -1.04. The van der Waals surface area contributed by atoms with Gasteiger partial charge in [-0.15, -0.1) is 0 Å².